The molecule has 2 N–H and O–H groups in total. The Morgan fingerprint density at radius 3 is 2.68 bits per heavy atom. The van der Waals surface area contributed by atoms with Crippen molar-refractivity contribution in [3.05, 3.63) is 23.8 Å². The fraction of sp³-hybridized carbons (Fsp3) is 0.562. The van der Waals surface area contributed by atoms with Crippen molar-refractivity contribution in [2.24, 2.45) is 0 Å². The first-order valence-corrected chi connectivity index (χ1v) is 7.17. The first-order chi connectivity index (χ1) is 9.02. The standard InChI is InChI=1S/C16H26N2O/c1-5-6-7-8-13(3)17-15-10-9-12(2)16(11-15)18-14(4)19/h9-11,13,17H,5-8H2,1-4H3,(H,18,19). The van der Waals surface area contributed by atoms with E-state index in [0.29, 0.717) is 6.04 Å². The molecule has 1 aromatic rings. The van der Waals surface area contributed by atoms with Crippen LogP contribution in [0.1, 0.15) is 52.0 Å². The number of anilines is 2. The average molecular weight is 262 g/mol. The van der Waals surface area contributed by atoms with Crippen LogP contribution in [0.4, 0.5) is 11.4 Å². The van der Waals surface area contributed by atoms with Gasteiger partial charge in [0.2, 0.25) is 5.91 Å². The van der Waals surface area contributed by atoms with E-state index in [1.54, 1.807) is 0 Å². The smallest absolute Gasteiger partial charge is 0.221 e. The summed E-state index contributed by atoms with van der Waals surface area (Å²) in [5, 5.41) is 6.35. The molecule has 1 unspecified atom stereocenters. The molecule has 1 atom stereocenters. The predicted octanol–water partition coefficient (Wildman–Crippen LogP) is 4.33. The molecule has 3 heteroatoms. The van der Waals surface area contributed by atoms with E-state index in [1.807, 2.05) is 19.1 Å². The van der Waals surface area contributed by atoms with Crippen molar-refractivity contribution in [1.29, 1.82) is 0 Å². The highest BCUT2D eigenvalue weighted by Crippen LogP contribution is 2.21. The molecule has 0 aliphatic rings. The Morgan fingerprint density at radius 1 is 1.32 bits per heavy atom. The van der Waals surface area contributed by atoms with Crippen LogP contribution in [0.15, 0.2) is 18.2 Å². The second-order valence-electron chi connectivity index (χ2n) is 5.25. The summed E-state index contributed by atoms with van der Waals surface area (Å²) in [5.74, 6) is -0.0313. The van der Waals surface area contributed by atoms with Crippen molar-refractivity contribution in [3.8, 4) is 0 Å². The van der Waals surface area contributed by atoms with Crippen LogP contribution in [-0.4, -0.2) is 11.9 Å². The Bertz CT molecular complexity index is 415. The monoisotopic (exact) mass is 262 g/mol. The number of rotatable bonds is 7. The molecule has 0 heterocycles. The number of carbonyl (C=O) groups excluding carboxylic acids is 1. The van der Waals surface area contributed by atoms with Gasteiger partial charge in [-0.15, -0.1) is 0 Å². The normalized spacial score (nSPS) is 12.0. The minimum Gasteiger partial charge on any atom is -0.383 e. The molecule has 106 valence electrons. The van der Waals surface area contributed by atoms with Gasteiger partial charge in [-0.25, -0.2) is 0 Å². The summed E-state index contributed by atoms with van der Waals surface area (Å²) in [4.78, 5) is 11.1. The first kappa shape index (κ1) is 15.5. The van der Waals surface area contributed by atoms with Crippen LogP contribution in [-0.2, 0) is 4.79 Å². The van der Waals surface area contributed by atoms with Gasteiger partial charge in [0.25, 0.3) is 0 Å². The highest BCUT2D eigenvalue weighted by Gasteiger charge is 2.05. The molecule has 1 rings (SSSR count). The number of hydrogen-bond acceptors (Lipinski definition) is 2. The van der Waals surface area contributed by atoms with Crippen molar-refractivity contribution in [2.75, 3.05) is 10.6 Å². The quantitative estimate of drug-likeness (QED) is 0.718. The summed E-state index contributed by atoms with van der Waals surface area (Å²) in [6.45, 7) is 7.96. The molecule has 0 aliphatic carbocycles. The van der Waals surface area contributed by atoms with E-state index in [0.717, 1.165) is 16.9 Å². The highest BCUT2D eigenvalue weighted by atomic mass is 16.1. The number of nitrogens with one attached hydrogen (secondary N) is 2. The zero-order chi connectivity index (χ0) is 14.3. The van der Waals surface area contributed by atoms with Gasteiger partial charge in [-0.05, 0) is 38.0 Å². The Hall–Kier alpha value is -1.51. The summed E-state index contributed by atoms with van der Waals surface area (Å²) in [6, 6.07) is 6.57. The lowest BCUT2D eigenvalue weighted by Crippen LogP contribution is -2.15. The van der Waals surface area contributed by atoms with Crippen molar-refractivity contribution in [2.45, 2.75) is 59.4 Å². The van der Waals surface area contributed by atoms with Crippen LogP contribution in [0.3, 0.4) is 0 Å². The molecule has 3 nitrogen and oxygen atoms in total. The third kappa shape index (κ3) is 5.77. The molecule has 0 aliphatic heterocycles. The number of carbonyl (C=O) groups is 1. The Labute approximate surface area is 116 Å². The van der Waals surface area contributed by atoms with Crippen LogP contribution in [0, 0.1) is 6.92 Å². The molecule has 0 fully saturated rings. The lowest BCUT2D eigenvalue weighted by molar-refractivity contribution is -0.114. The van der Waals surface area contributed by atoms with Crippen LogP contribution in [0.2, 0.25) is 0 Å². The maximum absolute atomic E-state index is 11.1. The van der Waals surface area contributed by atoms with Crippen LogP contribution in [0.5, 0.6) is 0 Å². The van der Waals surface area contributed by atoms with Crippen molar-refractivity contribution in [1.82, 2.24) is 0 Å². The lowest BCUT2D eigenvalue weighted by Gasteiger charge is -2.17. The largest absolute Gasteiger partial charge is 0.383 e. The van der Waals surface area contributed by atoms with Gasteiger partial charge < -0.3 is 10.6 Å². The molecule has 0 bridgehead atoms. The maximum Gasteiger partial charge on any atom is 0.221 e. The molecular formula is C16H26N2O. The molecule has 0 radical (unpaired) electrons. The summed E-state index contributed by atoms with van der Waals surface area (Å²) >= 11 is 0. The zero-order valence-corrected chi connectivity index (χ0v) is 12.5. The molecule has 0 saturated carbocycles. The molecular weight excluding hydrogens is 236 g/mol. The van der Waals surface area contributed by atoms with Gasteiger partial charge in [0, 0.05) is 24.3 Å². The number of unbranched alkanes of at least 4 members (excludes halogenated alkanes) is 2. The minimum atomic E-state index is -0.0313. The fourth-order valence-corrected chi connectivity index (χ4v) is 2.09. The van der Waals surface area contributed by atoms with Crippen LogP contribution < -0.4 is 10.6 Å². The van der Waals surface area contributed by atoms with Gasteiger partial charge >= 0.3 is 0 Å². The SMILES string of the molecule is CCCCCC(C)Nc1ccc(C)c(NC(C)=O)c1. The molecule has 1 amide bonds. The number of benzene rings is 1. The predicted molar refractivity (Wildman–Crippen MR) is 82.7 cm³/mol. The van der Waals surface area contributed by atoms with Crippen LogP contribution >= 0.6 is 0 Å². The molecule has 0 aromatic heterocycles. The third-order valence-corrected chi connectivity index (χ3v) is 3.20. The summed E-state index contributed by atoms with van der Waals surface area (Å²) in [6.07, 6.45) is 4.98. The lowest BCUT2D eigenvalue weighted by atomic mass is 10.1. The van der Waals surface area contributed by atoms with E-state index in [1.165, 1.54) is 32.6 Å². The number of aryl methyl sites for hydroxylation is 1. The van der Waals surface area contributed by atoms with Crippen molar-refractivity contribution >= 4 is 17.3 Å². The molecule has 19 heavy (non-hydrogen) atoms. The fourth-order valence-electron chi connectivity index (χ4n) is 2.09. The van der Waals surface area contributed by atoms with Gasteiger partial charge in [-0.3, -0.25) is 4.79 Å². The van der Waals surface area contributed by atoms with Gasteiger partial charge in [0.05, 0.1) is 0 Å². The van der Waals surface area contributed by atoms with Gasteiger partial charge in [0.15, 0.2) is 0 Å². The Balaban J connectivity index is 2.60. The molecule has 0 saturated heterocycles. The maximum atomic E-state index is 11.1. The van der Waals surface area contributed by atoms with Gasteiger partial charge in [-0.2, -0.15) is 0 Å². The van der Waals surface area contributed by atoms with E-state index in [9.17, 15) is 4.79 Å². The van der Waals surface area contributed by atoms with Crippen molar-refractivity contribution in [3.63, 3.8) is 0 Å². The van der Waals surface area contributed by atoms with E-state index in [-0.39, 0.29) is 5.91 Å². The Morgan fingerprint density at radius 2 is 2.05 bits per heavy atom. The van der Waals surface area contributed by atoms with E-state index >= 15 is 0 Å². The molecule has 0 spiro atoms. The second-order valence-corrected chi connectivity index (χ2v) is 5.25. The van der Waals surface area contributed by atoms with E-state index < -0.39 is 0 Å². The molecule has 1 aromatic carbocycles. The van der Waals surface area contributed by atoms with Crippen molar-refractivity contribution < 1.29 is 4.79 Å². The van der Waals surface area contributed by atoms with Gasteiger partial charge in [-0.1, -0.05) is 32.3 Å². The minimum absolute atomic E-state index is 0.0313. The number of hydrogen-bond donors (Lipinski definition) is 2. The van der Waals surface area contributed by atoms with Crippen LogP contribution in [0.25, 0.3) is 0 Å². The van der Waals surface area contributed by atoms with E-state index in [4.69, 9.17) is 0 Å². The second kappa shape index (κ2) is 7.82. The third-order valence-electron chi connectivity index (χ3n) is 3.20. The number of amides is 1. The zero-order valence-electron chi connectivity index (χ0n) is 12.5. The van der Waals surface area contributed by atoms with E-state index in [2.05, 4.69) is 30.5 Å². The van der Waals surface area contributed by atoms with Gasteiger partial charge in [0.1, 0.15) is 0 Å². The average Bonchev–Trinajstić information content (AvgIpc) is 2.33. The summed E-state index contributed by atoms with van der Waals surface area (Å²) in [5.41, 5.74) is 3.04. The highest BCUT2D eigenvalue weighted by molar-refractivity contribution is 5.90. The summed E-state index contributed by atoms with van der Waals surface area (Å²) < 4.78 is 0. The first-order valence-electron chi connectivity index (χ1n) is 7.17. The topological polar surface area (TPSA) is 41.1 Å². The summed E-state index contributed by atoms with van der Waals surface area (Å²) in [7, 11) is 0. The Kier molecular flexibility index (Phi) is 6.40.